The van der Waals surface area contributed by atoms with Gasteiger partial charge in [-0.1, -0.05) is 30.3 Å². The van der Waals surface area contributed by atoms with Crippen LogP contribution in [0.4, 0.5) is 10.6 Å². The molecule has 0 atom stereocenters. The summed E-state index contributed by atoms with van der Waals surface area (Å²) < 4.78 is 5.02. The fourth-order valence-corrected chi connectivity index (χ4v) is 1.65. The largest absolute Gasteiger partial charge is 0.444 e. The zero-order chi connectivity index (χ0) is 15.1. The maximum atomic E-state index is 11.7. The number of rotatable bonds is 4. The fraction of sp³-hybridized carbons (Fsp3) is 0.143. The summed E-state index contributed by atoms with van der Waals surface area (Å²) in [5.74, 6) is 0.0563. The number of nitrogens with zero attached hydrogens (tertiary/aromatic N) is 3. The third kappa shape index (κ3) is 3.58. The second kappa shape index (κ2) is 6.73. The highest BCUT2D eigenvalue weighted by atomic mass is 16.5. The van der Waals surface area contributed by atoms with Crippen LogP contribution in [0.25, 0.3) is 0 Å². The fourth-order valence-electron chi connectivity index (χ4n) is 1.65. The van der Waals surface area contributed by atoms with Crippen LogP contribution in [0.1, 0.15) is 16.8 Å². The molecular weight excluding hydrogens is 270 g/mol. The van der Waals surface area contributed by atoms with Crippen molar-refractivity contribution < 1.29 is 9.53 Å². The number of carbonyl (C=O) groups excluding carboxylic acids is 1. The van der Waals surface area contributed by atoms with Crippen LogP contribution in [0.5, 0.6) is 0 Å². The SMILES string of the molecule is N#CCc1[nH]nc(NC(=O)OCc2ccccc2)c1C#N. The highest BCUT2D eigenvalue weighted by molar-refractivity contribution is 5.85. The number of hydrogen-bond donors (Lipinski definition) is 2. The topological polar surface area (TPSA) is 115 Å². The van der Waals surface area contributed by atoms with Gasteiger partial charge >= 0.3 is 6.09 Å². The molecule has 0 radical (unpaired) electrons. The lowest BCUT2D eigenvalue weighted by Gasteiger charge is -2.05. The lowest BCUT2D eigenvalue weighted by atomic mass is 10.2. The minimum atomic E-state index is -0.717. The van der Waals surface area contributed by atoms with E-state index in [0.29, 0.717) is 5.69 Å². The highest BCUT2D eigenvalue weighted by Gasteiger charge is 2.15. The van der Waals surface area contributed by atoms with Crippen molar-refractivity contribution in [3.8, 4) is 12.1 Å². The Balaban J connectivity index is 1.97. The van der Waals surface area contributed by atoms with Crippen molar-refractivity contribution in [2.45, 2.75) is 13.0 Å². The summed E-state index contributed by atoms with van der Waals surface area (Å²) in [6, 6.07) is 13.0. The van der Waals surface area contributed by atoms with Crippen LogP contribution >= 0.6 is 0 Å². The molecular formula is C14H11N5O2. The number of H-pyrrole nitrogens is 1. The van der Waals surface area contributed by atoms with Gasteiger partial charge in [0, 0.05) is 0 Å². The van der Waals surface area contributed by atoms with E-state index < -0.39 is 6.09 Å². The van der Waals surface area contributed by atoms with Crippen LogP contribution in [-0.2, 0) is 17.8 Å². The molecule has 0 fully saturated rings. The molecule has 1 heterocycles. The molecule has 2 rings (SSSR count). The number of carbonyl (C=O) groups is 1. The standard InChI is InChI=1S/C14H11N5O2/c15-7-6-12-11(8-16)13(19-18-12)17-14(20)21-9-10-4-2-1-3-5-10/h1-5H,6,9H2,(H2,17,18,19,20). The summed E-state index contributed by atoms with van der Waals surface area (Å²) in [5.41, 5.74) is 1.34. The number of ether oxygens (including phenoxy) is 1. The van der Waals surface area contributed by atoms with E-state index in [1.165, 1.54) is 0 Å². The number of benzene rings is 1. The Morgan fingerprint density at radius 1 is 1.33 bits per heavy atom. The number of anilines is 1. The molecule has 2 aromatic rings. The summed E-state index contributed by atoms with van der Waals surface area (Å²) in [7, 11) is 0. The smallest absolute Gasteiger partial charge is 0.413 e. The molecule has 1 aromatic carbocycles. The molecule has 0 saturated carbocycles. The van der Waals surface area contributed by atoms with Gasteiger partial charge in [0.2, 0.25) is 0 Å². The average molecular weight is 281 g/mol. The Bertz CT molecular complexity index is 709. The number of aromatic nitrogens is 2. The van der Waals surface area contributed by atoms with Crippen LogP contribution in [0, 0.1) is 22.7 Å². The number of amides is 1. The van der Waals surface area contributed by atoms with Gasteiger partial charge in [0.1, 0.15) is 18.2 Å². The molecule has 0 unspecified atom stereocenters. The van der Waals surface area contributed by atoms with Gasteiger partial charge in [-0.15, -0.1) is 0 Å². The zero-order valence-corrected chi connectivity index (χ0v) is 11.0. The van der Waals surface area contributed by atoms with Gasteiger partial charge in [-0.05, 0) is 5.56 Å². The van der Waals surface area contributed by atoms with Gasteiger partial charge in [0.05, 0.1) is 18.2 Å². The monoisotopic (exact) mass is 281 g/mol. The van der Waals surface area contributed by atoms with Gasteiger partial charge in [-0.3, -0.25) is 10.4 Å². The highest BCUT2D eigenvalue weighted by Crippen LogP contribution is 2.16. The molecule has 7 nitrogen and oxygen atoms in total. The lowest BCUT2D eigenvalue weighted by molar-refractivity contribution is 0.155. The van der Waals surface area contributed by atoms with Crippen molar-refractivity contribution in [3.05, 3.63) is 47.2 Å². The Hall–Kier alpha value is -3.32. The summed E-state index contributed by atoms with van der Waals surface area (Å²) in [5, 5.41) is 26.4. The van der Waals surface area contributed by atoms with Crippen molar-refractivity contribution >= 4 is 11.9 Å². The first-order valence-electron chi connectivity index (χ1n) is 6.06. The number of aromatic amines is 1. The molecule has 1 aromatic heterocycles. The Kier molecular flexibility index (Phi) is 4.52. The molecule has 0 aliphatic heterocycles. The summed E-state index contributed by atoms with van der Waals surface area (Å²) in [4.78, 5) is 11.7. The minimum absolute atomic E-state index is 0.0106. The van der Waals surface area contributed by atoms with E-state index in [9.17, 15) is 4.79 Å². The van der Waals surface area contributed by atoms with E-state index >= 15 is 0 Å². The molecule has 0 spiro atoms. The Labute approximate surface area is 120 Å². The molecule has 0 saturated heterocycles. The summed E-state index contributed by atoms with van der Waals surface area (Å²) in [6.07, 6.45) is -0.707. The third-order valence-electron chi connectivity index (χ3n) is 2.64. The van der Waals surface area contributed by atoms with Crippen molar-refractivity contribution in [2.75, 3.05) is 5.32 Å². The van der Waals surface area contributed by atoms with E-state index in [-0.39, 0.29) is 24.4 Å². The molecule has 0 bridgehead atoms. The van der Waals surface area contributed by atoms with Crippen LogP contribution in [0.3, 0.4) is 0 Å². The second-order valence-corrected chi connectivity index (χ2v) is 4.06. The first-order valence-corrected chi connectivity index (χ1v) is 6.06. The number of nitriles is 2. The molecule has 7 heteroatoms. The average Bonchev–Trinajstić information content (AvgIpc) is 2.88. The lowest BCUT2D eigenvalue weighted by Crippen LogP contribution is -2.14. The maximum Gasteiger partial charge on any atom is 0.413 e. The van der Waals surface area contributed by atoms with E-state index in [1.807, 2.05) is 42.5 Å². The quantitative estimate of drug-likeness (QED) is 0.890. The predicted molar refractivity (Wildman–Crippen MR) is 72.9 cm³/mol. The van der Waals surface area contributed by atoms with Crippen molar-refractivity contribution in [1.29, 1.82) is 10.5 Å². The van der Waals surface area contributed by atoms with Crippen molar-refractivity contribution in [1.82, 2.24) is 10.2 Å². The maximum absolute atomic E-state index is 11.7. The first kappa shape index (κ1) is 14.1. The summed E-state index contributed by atoms with van der Waals surface area (Å²) >= 11 is 0. The Morgan fingerprint density at radius 3 is 2.76 bits per heavy atom. The summed E-state index contributed by atoms with van der Waals surface area (Å²) in [6.45, 7) is 0.115. The second-order valence-electron chi connectivity index (χ2n) is 4.06. The van der Waals surface area contributed by atoms with Gasteiger partial charge < -0.3 is 4.74 Å². The van der Waals surface area contributed by atoms with Gasteiger partial charge in [-0.2, -0.15) is 15.6 Å². The normalized spacial score (nSPS) is 9.43. The molecule has 0 aliphatic rings. The van der Waals surface area contributed by atoms with Crippen LogP contribution in [0.15, 0.2) is 30.3 Å². The van der Waals surface area contributed by atoms with Crippen LogP contribution in [0.2, 0.25) is 0 Å². The Morgan fingerprint density at radius 2 is 2.10 bits per heavy atom. The van der Waals surface area contributed by atoms with E-state index in [2.05, 4.69) is 15.5 Å². The van der Waals surface area contributed by atoms with E-state index in [0.717, 1.165) is 5.56 Å². The molecule has 0 aliphatic carbocycles. The molecule has 21 heavy (non-hydrogen) atoms. The number of nitrogens with one attached hydrogen (secondary N) is 2. The van der Waals surface area contributed by atoms with Crippen molar-refractivity contribution in [2.24, 2.45) is 0 Å². The first-order chi connectivity index (χ1) is 10.2. The zero-order valence-electron chi connectivity index (χ0n) is 11.0. The van der Waals surface area contributed by atoms with Crippen LogP contribution < -0.4 is 5.32 Å². The van der Waals surface area contributed by atoms with E-state index in [1.54, 1.807) is 0 Å². The number of hydrogen-bond acceptors (Lipinski definition) is 5. The van der Waals surface area contributed by atoms with Crippen LogP contribution in [-0.4, -0.2) is 16.3 Å². The predicted octanol–water partition coefficient (Wildman–Crippen LogP) is 2.10. The van der Waals surface area contributed by atoms with Crippen molar-refractivity contribution in [3.63, 3.8) is 0 Å². The molecule has 1 amide bonds. The minimum Gasteiger partial charge on any atom is -0.444 e. The van der Waals surface area contributed by atoms with E-state index in [4.69, 9.17) is 15.3 Å². The van der Waals surface area contributed by atoms with Gasteiger partial charge in [0.15, 0.2) is 5.82 Å². The molecule has 2 N–H and O–H groups in total. The third-order valence-corrected chi connectivity index (χ3v) is 2.64. The molecule has 104 valence electrons. The van der Waals surface area contributed by atoms with Gasteiger partial charge in [-0.25, -0.2) is 4.79 Å². The van der Waals surface area contributed by atoms with Gasteiger partial charge in [0.25, 0.3) is 0 Å².